The van der Waals surface area contributed by atoms with Crippen molar-refractivity contribution in [3.05, 3.63) is 70.8 Å². The van der Waals surface area contributed by atoms with Crippen molar-refractivity contribution >= 4 is 17.0 Å². The highest BCUT2D eigenvalue weighted by molar-refractivity contribution is 7.08. The molecule has 0 radical (unpaired) electrons. The van der Waals surface area contributed by atoms with E-state index in [1.807, 2.05) is 40.4 Å². The Kier molecular flexibility index (Phi) is 5.93. The van der Waals surface area contributed by atoms with Crippen molar-refractivity contribution in [2.45, 2.75) is 6.54 Å². The van der Waals surface area contributed by atoms with E-state index in [0.29, 0.717) is 19.0 Å². The molecule has 6 nitrogen and oxygen atoms in total. The van der Waals surface area contributed by atoms with Gasteiger partial charge in [-0.3, -0.25) is 9.80 Å². The highest BCUT2D eigenvalue weighted by Crippen LogP contribution is 2.23. The van der Waals surface area contributed by atoms with Crippen molar-refractivity contribution in [1.82, 2.24) is 24.4 Å². The average molecular weight is 438 g/mol. The Bertz CT molecular complexity index is 1140. The number of rotatable bonds is 7. The molecule has 3 aromatic heterocycles. The molecule has 0 atom stereocenters. The van der Waals surface area contributed by atoms with Gasteiger partial charge in [-0.2, -0.15) is 11.3 Å². The summed E-state index contributed by atoms with van der Waals surface area (Å²) in [6.07, 6.45) is 1.84. The molecule has 0 saturated carbocycles. The fourth-order valence-corrected chi connectivity index (χ4v) is 4.51. The monoisotopic (exact) mass is 437 g/mol. The van der Waals surface area contributed by atoms with Crippen LogP contribution in [0, 0.1) is 5.82 Å². The van der Waals surface area contributed by atoms with Crippen molar-refractivity contribution in [3.8, 4) is 17.1 Å². The third kappa shape index (κ3) is 4.61. The van der Waals surface area contributed by atoms with Crippen molar-refractivity contribution in [2.75, 3.05) is 39.3 Å². The van der Waals surface area contributed by atoms with Gasteiger partial charge in [-0.15, -0.1) is 5.10 Å². The van der Waals surface area contributed by atoms with Crippen LogP contribution in [-0.2, 0) is 6.54 Å². The van der Waals surface area contributed by atoms with E-state index in [0.717, 1.165) is 55.2 Å². The number of thiophene rings is 1. The Morgan fingerprint density at radius 3 is 2.65 bits per heavy atom. The van der Waals surface area contributed by atoms with Crippen LogP contribution in [0.5, 0.6) is 5.88 Å². The van der Waals surface area contributed by atoms with Gasteiger partial charge >= 0.3 is 0 Å². The molecule has 160 valence electrons. The summed E-state index contributed by atoms with van der Waals surface area (Å²) in [5.74, 6) is 0.475. The Morgan fingerprint density at radius 1 is 1.00 bits per heavy atom. The van der Waals surface area contributed by atoms with Gasteiger partial charge in [-0.25, -0.2) is 13.9 Å². The molecule has 1 aromatic carbocycles. The van der Waals surface area contributed by atoms with E-state index in [9.17, 15) is 4.39 Å². The number of halogens is 1. The van der Waals surface area contributed by atoms with Gasteiger partial charge < -0.3 is 4.74 Å². The maximum Gasteiger partial charge on any atom is 0.231 e. The fraction of sp³-hybridized carbons (Fsp3) is 0.304. The van der Waals surface area contributed by atoms with Crippen LogP contribution in [0.15, 0.2) is 59.4 Å². The normalized spacial score (nSPS) is 15.5. The van der Waals surface area contributed by atoms with Crippen molar-refractivity contribution in [1.29, 1.82) is 0 Å². The van der Waals surface area contributed by atoms with Crippen LogP contribution in [0.4, 0.5) is 4.39 Å². The van der Waals surface area contributed by atoms with Crippen LogP contribution in [0.25, 0.3) is 16.9 Å². The molecular formula is C23H24FN5OS. The molecule has 4 aromatic rings. The van der Waals surface area contributed by atoms with Crippen molar-refractivity contribution in [2.24, 2.45) is 0 Å². The van der Waals surface area contributed by atoms with Crippen molar-refractivity contribution < 1.29 is 9.13 Å². The second-order valence-electron chi connectivity index (χ2n) is 7.65. The van der Waals surface area contributed by atoms with Gasteiger partial charge in [0.25, 0.3) is 0 Å². The molecular weight excluding hydrogens is 413 g/mol. The van der Waals surface area contributed by atoms with E-state index in [2.05, 4.69) is 31.3 Å². The molecule has 5 rings (SSSR count). The topological polar surface area (TPSA) is 45.9 Å². The zero-order valence-electron chi connectivity index (χ0n) is 17.2. The molecule has 0 bridgehead atoms. The smallest absolute Gasteiger partial charge is 0.231 e. The Hall–Kier alpha value is -2.81. The molecule has 1 fully saturated rings. The lowest BCUT2D eigenvalue weighted by Crippen LogP contribution is -2.47. The minimum absolute atomic E-state index is 0.122. The molecule has 0 amide bonds. The predicted octanol–water partition coefficient (Wildman–Crippen LogP) is 3.79. The Balaban J connectivity index is 1.12. The number of imidazole rings is 1. The SMILES string of the molecule is Fc1ccccc1CN1CCN(CCOc2ccc3ncc(-c4ccsc4)n3n2)CC1. The second-order valence-corrected chi connectivity index (χ2v) is 8.43. The van der Waals surface area contributed by atoms with Gasteiger partial charge in [0, 0.05) is 61.8 Å². The molecule has 31 heavy (non-hydrogen) atoms. The summed E-state index contributed by atoms with van der Waals surface area (Å²) < 4.78 is 21.6. The summed E-state index contributed by atoms with van der Waals surface area (Å²) in [5.41, 5.74) is 3.64. The molecule has 0 N–H and O–H groups in total. The summed E-state index contributed by atoms with van der Waals surface area (Å²) >= 11 is 1.65. The molecule has 0 unspecified atom stereocenters. The first-order valence-electron chi connectivity index (χ1n) is 10.4. The number of nitrogens with zero attached hydrogens (tertiary/aromatic N) is 5. The van der Waals surface area contributed by atoms with E-state index in [1.165, 1.54) is 6.07 Å². The van der Waals surface area contributed by atoms with Crippen LogP contribution in [0.1, 0.15) is 5.56 Å². The maximum absolute atomic E-state index is 13.9. The van der Waals surface area contributed by atoms with Gasteiger partial charge in [0.1, 0.15) is 12.4 Å². The summed E-state index contributed by atoms with van der Waals surface area (Å²) in [7, 11) is 0. The van der Waals surface area contributed by atoms with E-state index < -0.39 is 0 Å². The summed E-state index contributed by atoms with van der Waals surface area (Å²) in [6.45, 7) is 5.85. The van der Waals surface area contributed by atoms with Crippen molar-refractivity contribution in [3.63, 3.8) is 0 Å². The fourth-order valence-electron chi connectivity index (χ4n) is 3.86. The number of ether oxygens (including phenoxy) is 1. The quantitative estimate of drug-likeness (QED) is 0.440. The predicted molar refractivity (Wildman–Crippen MR) is 120 cm³/mol. The van der Waals surface area contributed by atoms with Gasteiger partial charge in [0.15, 0.2) is 5.65 Å². The van der Waals surface area contributed by atoms with Gasteiger partial charge in [0.05, 0.1) is 11.9 Å². The molecule has 1 aliphatic rings. The number of fused-ring (bicyclic) bond motifs is 1. The van der Waals surface area contributed by atoms with Gasteiger partial charge in [-0.1, -0.05) is 18.2 Å². The number of piperazine rings is 1. The standard InChI is InChI=1S/C23H24FN5OS/c24-20-4-2-1-3-18(20)16-28-10-8-27(9-11-28)12-13-30-23-6-5-22-25-15-21(29(22)26-23)19-7-14-31-17-19/h1-7,14-15,17H,8-13,16H2. The highest BCUT2D eigenvalue weighted by atomic mass is 32.1. The van der Waals surface area contributed by atoms with E-state index >= 15 is 0 Å². The molecule has 0 spiro atoms. The largest absolute Gasteiger partial charge is 0.475 e. The number of aromatic nitrogens is 3. The first-order chi connectivity index (χ1) is 15.3. The minimum Gasteiger partial charge on any atom is -0.475 e. The van der Waals surface area contributed by atoms with Crippen LogP contribution in [0.2, 0.25) is 0 Å². The zero-order valence-corrected chi connectivity index (χ0v) is 18.0. The van der Waals surface area contributed by atoms with Crippen LogP contribution in [0.3, 0.4) is 0 Å². The lowest BCUT2D eigenvalue weighted by molar-refractivity contribution is 0.110. The highest BCUT2D eigenvalue weighted by Gasteiger charge is 2.18. The maximum atomic E-state index is 13.9. The third-order valence-electron chi connectivity index (χ3n) is 5.63. The van der Waals surface area contributed by atoms with Crippen LogP contribution in [-0.4, -0.2) is 63.7 Å². The number of hydrogen-bond donors (Lipinski definition) is 0. The third-order valence-corrected chi connectivity index (χ3v) is 6.31. The first kappa shape index (κ1) is 20.1. The van der Waals surface area contributed by atoms with E-state index in [4.69, 9.17) is 4.74 Å². The summed E-state index contributed by atoms with van der Waals surface area (Å²) in [5, 5.41) is 8.75. The minimum atomic E-state index is -0.122. The lowest BCUT2D eigenvalue weighted by Gasteiger charge is -2.34. The van der Waals surface area contributed by atoms with Crippen LogP contribution < -0.4 is 4.74 Å². The van der Waals surface area contributed by atoms with Gasteiger partial charge in [-0.05, 0) is 23.6 Å². The molecule has 1 aliphatic heterocycles. The van der Waals surface area contributed by atoms with Crippen LogP contribution >= 0.6 is 11.3 Å². The van der Waals surface area contributed by atoms with Gasteiger partial charge in [0.2, 0.25) is 5.88 Å². The van der Waals surface area contributed by atoms with E-state index in [1.54, 1.807) is 17.4 Å². The Labute approximate surface area is 184 Å². The molecule has 0 aliphatic carbocycles. The van der Waals surface area contributed by atoms with E-state index in [-0.39, 0.29) is 5.82 Å². The zero-order chi connectivity index (χ0) is 21.0. The second kappa shape index (κ2) is 9.13. The number of benzene rings is 1. The lowest BCUT2D eigenvalue weighted by atomic mass is 10.2. The molecule has 1 saturated heterocycles. The molecule has 4 heterocycles. The average Bonchev–Trinajstić information content (AvgIpc) is 3.46. The summed E-state index contributed by atoms with van der Waals surface area (Å²) in [6, 6.07) is 12.9. The number of hydrogen-bond acceptors (Lipinski definition) is 6. The first-order valence-corrected chi connectivity index (χ1v) is 11.4. The molecule has 8 heteroatoms. The Morgan fingerprint density at radius 2 is 1.84 bits per heavy atom. The summed E-state index contributed by atoms with van der Waals surface area (Å²) in [4.78, 5) is 9.11.